The topological polar surface area (TPSA) is 46.2 Å². The molecule has 0 aliphatic rings. The summed E-state index contributed by atoms with van der Waals surface area (Å²) in [5.41, 5.74) is 4.64. The minimum atomic E-state index is -2.70. The van der Waals surface area contributed by atoms with Gasteiger partial charge in [-0.25, -0.2) is 8.78 Å². The Labute approximate surface area is 52.1 Å². The van der Waals surface area contributed by atoms with Crippen LogP contribution in [0.2, 0.25) is 0 Å². The number of halogens is 3. The molecule has 2 nitrogen and oxygen atoms in total. The van der Waals surface area contributed by atoms with E-state index in [9.17, 15) is 8.78 Å². The van der Waals surface area contributed by atoms with Crippen LogP contribution in [0.3, 0.4) is 0 Å². The van der Waals surface area contributed by atoms with Gasteiger partial charge in [0.25, 0.3) is 6.43 Å². The van der Waals surface area contributed by atoms with Crippen molar-refractivity contribution < 1.29 is 13.9 Å². The van der Waals surface area contributed by atoms with E-state index in [1.165, 1.54) is 0 Å². The normalized spacial score (nSPS) is 13.1. The second-order valence-electron chi connectivity index (χ2n) is 1.14. The third-order valence-corrected chi connectivity index (χ3v) is 0.532. The first-order chi connectivity index (χ1) is 3.18. The van der Waals surface area contributed by atoms with Crippen LogP contribution in [0.4, 0.5) is 8.78 Å². The zero-order valence-corrected chi connectivity index (χ0v) is 4.87. The van der Waals surface area contributed by atoms with Gasteiger partial charge in [-0.2, -0.15) is 0 Å². The molecule has 8 heavy (non-hydrogen) atoms. The van der Waals surface area contributed by atoms with Crippen LogP contribution in [0.1, 0.15) is 0 Å². The van der Waals surface area contributed by atoms with E-state index in [4.69, 9.17) is 5.11 Å². The molecule has 0 spiro atoms. The highest BCUT2D eigenvalue weighted by atomic mass is 35.5. The van der Waals surface area contributed by atoms with Crippen LogP contribution in [0.15, 0.2) is 0 Å². The predicted molar refractivity (Wildman–Crippen MR) is 28.3 cm³/mol. The van der Waals surface area contributed by atoms with Gasteiger partial charge in [0.2, 0.25) is 0 Å². The van der Waals surface area contributed by atoms with Gasteiger partial charge in [-0.05, 0) is 0 Å². The Balaban J connectivity index is 0. The van der Waals surface area contributed by atoms with E-state index in [0.717, 1.165) is 0 Å². The van der Waals surface area contributed by atoms with E-state index in [0.29, 0.717) is 0 Å². The monoisotopic (exact) mass is 147 g/mol. The Bertz CT molecular complexity index is 54.5. The first-order valence-electron chi connectivity index (χ1n) is 1.84. The second kappa shape index (κ2) is 5.21. The average molecular weight is 148 g/mol. The van der Waals surface area contributed by atoms with Crippen LogP contribution in [0.5, 0.6) is 0 Å². The Hall–Kier alpha value is 0.0700. The highest BCUT2D eigenvalue weighted by molar-refractivity contribution is 5.85. The molecular formula is C3H8ClF2NO. The molecule has 0 rings (SSSR count). The highest BCUT2D eigenvalue weighted by Crippen LogP contribution is 1.96. The van der Waals surface area contributed by atoms with Crippen molar-refractivity contribution in [2.45, 2.75) is 12.5 Å². The molecule has 0 aliphatic heterocycles. The molecule has 0 radical (unpaired) electrons. The average Bonchev–Trinajstić information content (AvgIpc) is 1.65. The number of nitrogens with two attached hydrogens (primary N) is 1. The fraction of sp³-hybridized carbons (Fsp3) is 1.00. The number of hydrogen-bond donors (Lipinski definition) is 2. The second-order valence-corrected chi connectivity index (χ2v) is 1.14. The molecule has 0 saturated heterocycles. The molecule has 0 saturated carbocycles. The maximum Gasteiger partial charge on any atom is 0.265 e. The van der Waals surface area contributed by atoms with Gasteiger partial charge in [0, 0.05) is 6.54 Å². The molecule has 3 N–H and O–H groups in total. The number of hydrogen-bond acceptors (Lipinski definition) is 2. The van der Waals surface area contributed by atoms with Crippen LogP contribution < -0.4 is 5.73 Å². The highest BCUT2D eigenvalue weighted by Gasteiger charge is 2.12. The lowest BCUT2D eigenvalue weighted by molar-refractivity contribution is 0.00150. The Morgan fingerprint density at radius 3 is 1.88 bits per heavy atom. The minimum absolute atomic E-state index is 0. The molecule has 0 aromatic rings. The molecule has 52 valence electrons. The SMILES string of the molecule is Cl.NCC(O)C(F)F. The number of rotatable bonds is 2. The fourth-order valence-corrected chi connectivity index (χ4v) is 0.103. The molecule has 0 aromatic carbocycles. The van der Waals surface area contributed by atoms with Crippen LogP contribution in [0, 0.1) is 0 Å². The van der Waals surface area contributed by atoms with Gasteiger partial charge in [0.15, 0.2) is 0 Å². The maximum atomic E-state index is 11.1. The first kappa shape index (κ1) is 10.9. The Morgan fingerprint density at radius 2 is 1.88 bits per heavy atom. The number of alkyl halides is 2. The summed E-state index contributed by atoms with van der Waals surface area (Å²) < 4.78 is 22.2. The van der Waals surface area contributed by atoms with Gasteiger partial charge >= 0.3 is 0 Å². The number of aliphatic hydroxyl groups excluding tert-OH is 1. The van der Waals surface area contributed by atoms with E-state index in [-0.39, 0.29) is 19.0 Å². The lowest BCUT2D eigenvalue weighted by atomic mass is 10.4. The van der Waals surface area contributed by atoms with Crippen molar-refractivity contribution >= 4 is 12.4 Å². The van der Waals surface area contributed by atoms with Crippen molar-refractivity contribution in [3.63, 3.8) is 0 Å². The van der Waals surface area contributed by atoms with Crippen molar-refractivity contribution in [2.24, 2.45) is 5.73 Å². The van der Waals surface area contributed by atoms with Gasteiger partial charge in [-0.1, -0.05) is 0 Å². The Morgan fingerprint density at radius 1 is 1.50 bits per heavy atom. The summed E-state index contributed by atoms with van der Waals surface area (Å²) in [7, 11) is 0. The summed E-state index contributed by atoms with van der Waals surface area (Å²) in [6.07, 6.45) is -4.36. The molecular weight excluding hydrogens is 139 g/mol. The molecule has 0 aromatic heterocycles. The first-order valence-corrected chi connectivity index (χ1v) is 1.84. The molecule has 0 heterocycles. The molecule has 1 atom stereocenters. The van der Waals surface area contributed by atoms with Gasteiger partial charge in [0.05, 0.1) is 0 Å². The lowest BCUT2D eigenvalue weighted by Crippen LogP contribution is -2.26. The van der Waals surface area contributed by atoms with Gasteiger partial charge in [-0.15, -0.1) is 12.4 Å². The summed E-state index contributed by atoms with van der Waals surface area (Å²) >= 11 is 0. The molecule has 0 aliphatic carbocycles. The van der Waals surface area contributed by atoms with Crippen LogP contribution >= 0.6 is 12.4 Å². The molecule has 0 bridgehead atoms. The third-order valence-electron chi connectivity index (χ3n) is 0.532. The lowest BCUT2D eigenvalue weighted by Gasteiger charge is -2.02. The maximum absolute atomic E-state index is 11.1. The third kappa shape index (κ3) is 4.23. The largest absolute Gasteiger partial charge is 0.386 e. The predicted octanol–water partition coefficient (Wildman–Crippen LogP) is -0.00710. The van der Waals surface area contributed by atoms with Crippen LogP contribution in [-0.2, 0) is 0 Å². The van der Waals surface area contributed by atoms with E-state index in [1.807, 2.05) is 0 Å². The fourth-order valence-electron chi connectivity index (χ4n) is 0.103. The van der Waals surface area contributed by atoms with Crippen molar-refractivity contribution in [1.82, 2.24) is 0 Å². The summed E-state index contributed by atoms with van der Waals surface area (Å²) in [6, 6.07) is 0. The van der Waals surface area contributed by atoms with Crippen molar-refractivity contribution in [3.05, 3.63) is 0 Å². The van der Waals surface area contributed by atoms with Gasteiger partial charge in [-0.3, -0.25) is 0 Å². The molecule has 1 unspecified atom stereocenters. The standard InChI is InChI=1S/C3H7F2NO.ClH/c4-3(5)2(7)1-6;/h2-3,7H,1,6H2;1H. The molecule has 0 fully saturated rings. The van der Waals surface area contributed by atoms with Crippen molar-refractivity contribution in [2.75, 3.05) is 6.54 Å². The van der Waals surface area contributed by atoms with Gasteiger partial charge < -0.3 is 10.8 Å². The summed E-state index contributed by atoms with van der Waals surface area (Å²) in [5, 5.41) is 8.06. The smallest absolute Gasteiger partial charge is 0.265 e. The zero-order chi connectivity index (χ0) is 5.86. The summed E-state index contributed by atoms with van der Waals surface area (Å²) in [5.74, 6) is 0. The minimum Gasteiger partial charge on any atom is -0.386 e. The zero-order valence-electron chi connectivity index (χ0n) is 4.05. The van der Waals surface area contributed by atoms with E-state index < -0.39 is 12.5 Å². The molecule has 0 amide bonds. The van der Waals surface area contributed by atoms with Crippen molar-refractivity contribution in [3.8, 4) is 0 Å². The van der Waals surface area contributed by atoms with Gasteiger partial charge in [0.1, 0.15) is 6.10 Å². The van der Waals surface area contributed by atoms with Crippen molar-refractivity contribution in [1.29, 1.82) is 0 Å². The van der Waals surface area contributed by atoms with E-state index >= 15 is 0 Å². The van der Waals surface area contributed by atoms with E-state index in [2.05, 4.69) is 5.73 Å². The molecule has 5 heteroatoms. The number of aliphatic hydroxyl groups is 1. The van der Waals surface area contributed by atoms with E-state index in [1.54, 1.807) is 0 Å². The summed E-state index contributed by atoms with van der Waals surface area (Å²) in [4.78, 5) is 0. The van der Waals surface area contributed by atoms with Crippen LogP contribution in [-0.4, -0.2) is 24.2 Å². The Kier molecular flexibility index (Phi) is 7.13. The summed E-state index contributed by atoms with van der Waals surface area (Å²) in [6.45, 7) is -0.377. The van der Waals surface area contributed by atoms with Crippen LogP contribution in [0.25, 0.3) is 0 Å². The quantitative estimate of drug-likeness (QED) is 0.577.